The first-order valence-corrected chi connectivity index (χ1v) is 3.63. The molecular weight excluding hydrogens is 168 g/mol. The highest BCUT2D eigenvalue weighted by atomic mass is 16.5. The van der Waals surface area contributed by atoms with Gasteiger partial charge in [0.2, 0.25) is 0 Å². The second-order valence-electron chi connectivity index (χ2n) is 2.42. The fourth-order valence-electron chi connectivity index (χ4n) is 0.885. The van der Waals surface area contributed by atoms with Crippen LogP contribution in [0.5, 0.6) is 0 Å². The molecule has 0 spiro atoms. The predicted molar refractivity (Wildman–Crippen MR) is 45.5 cm³/mol. The Morgan fingerprint density at radius 1 is 1.62 bits per heavy atom. The molecule has 0 bridgehead atoms. The van der Waals surface area contributed by atoms with Gasteiger partial charge in [-0.1, -0.05) is 12.1 Å². The molecule has 0 aromatic heterocycles. The zero-order valence-electron chi connectivity index (χ0n) is 6.86. The first kappa shape index (κ1) is 9.07. The molecule has 13 heavy (non-hydrogen) atoms. The number of hydrogen-bond donors (Lipinski definition) is 1. The maximum atomic E-state index is 10.3. The van der Waals surface area contributed by atoms with Crippen molar-refractivity contribution in [3.8, 4) is 6.07 Å². The van der Waals surface area contributed by atoms with Crippen LogP contribution in [0.4, 0.5) is 4.79 Å². The predicted octanol–water partition coefficient (Wildman–Crippen LogP) is 1.15. The van der Waals surface area contributed by atoms with Crippen molar-refractivity contribution in [1.29, 1.82) is 5.26 Å². The number of nitriles is 1. The van der Waals surface area contributed by atoms with Gasteiger partial charge in [-0.15, -0.1) is 0 Å². The Balaban J connectivity index is 2.68. The van der Waals surface area contributed by atoms with E-state index in [9.17, 15) is 4.79 Å². The van der Waals surface area contributed by atoms with Gasteiger partial charge in [0, 0.05) is 0 Å². The van der Waals surface area contributed by atoms with E-state index < -0.39 is 6.09 Å². The summed E-state index contributed by atoms with van der Waals surface area (Å²) in [6.07, 6.45) is -0.817. The zero-order valence-corrected chi connectivity index (χ0v) is 6.86. The van der Waals surface area contributed by atoms with E-state index in [0.29, 0.717) is 5.56 Å². The molecule has 0 saturated heterocycles. The summed E-state index contributed by atoms with van der Waals surface area (Å²) in [6, 6.07) is 8.77. The average Bonchev–Trinajstić information content (AvgIpc) is 2.15. The van der Waals surface area contributed by atoms with Crippen molar-refractivity contribution in [3.63, 3.8) is 0 Å². The Kier molecular flexibility index (Phi) is 2.87. The van der Waals surface area contributed by atoms with Crippen molar-refractivity contribution < 1.29 is 9.53 Å². The van der Waals surface area contributed by atoms with E-state index >= 15 is 0 Å². The molecule has 0 atom stereocenters. The van der Waals surface area contributed by atoms with E-state index in [1.807, 2.05) is 6.07 Å². The summed E-state index contributed by atoms with van der Waals surface area (Å²) in [5.74, 6) is 0. The van der Waals surface area contributed by atoms with E-state index in [1.54, 1.807) is 24.3 Å². The van der Waals surface area contributed by atoms with Crippen molar-refractivity contribution in [3.05, 3.63) is 35.4 Å². The zero-order chi connectivity index (χ0) is 9.68. The Bertz CT molecular complexity index is 355. The number of hydrogen-bond acceptors (Lipinski definition) is 3. The van der Waals surface area contributed by atoms with Crippen LogP contribution in [0.3, 0.4) is 0 Å². The largest absolute Gasteiger partial charge is 0.445 e. The van der Waals surface area contributed by atoms with Gasteiger partial charge >= 0.3 is 6.09 Å². The molecule has 2 N–H and O–H groups in total. The van der Waals surface area contributed by atoms with Crippen LogP contribution in [0.25, 0.3) is 0 Å². The normalized spacial score (nSPS) is 8.85. The average molecular weight is 176 g/mol. The molecule has 1 rings (SSSR count). The molecule has 0 aliphatic heterocycles. The number of ether oxygens (including phenoxy) is 1. The lowest BCUT2D eigenvalue weighted by Crippen LogP contribution is -2.12. The third kappa shape index (κ3) is 2.83. The van der Waals surface area contributed by atoms with Gasteiger partial charge in [0.25, 0.3) is 0 Å². The van der Waals surface area contributed by atoms with Gasteiger partial charge in [-0.25, -0.2) is 4.79 Å². The lowest BCUT2D eigenvalue weighted by Gasteiger charge is -2.00. The summed E-state index contributed by atoms with van der Waals surface area (Å²) in [4.78, 5) is 10.3. The van der Waals surface area contributed by atoms with Gasteiger partial charge in [0.05, 0.1) is 11.6 Å². The molecule has 1 aromatic rings. The highest BCUT2D eigenvalue weighted by Crippen LogP contribution is 2.05. The second kappa shape index (κ2) is 4.12. The fourth-order valence-corrected chi connectivity index (χ4v) is 0.885. The third-order valence-electron chi connectivity index (χ3n) is 1.44. The highest BCUT2D eigenvalue weighted by Gasteiger charge is 1.97. The fraction of sp³-hybridized carbons (Fsp3) is 0.111. The Morgan fingerprint density at radius 3 is 3.00 bits per heavy atom. The summed E-state index contributed by atoms with van der Waals surface area (Å²) in [6.45, 7) is 0.102. The van der Waals surface area contributed by atoms with Crippen LogP contribution in [0.15, 0.2) is 24.3 Å². The van der Waals surface area contributed by atoms with E-state index in [1.165, 1.54) is 0 Å². The smallest absolute Gasteiger partial charge is 0.404 e. The van der Waals surface area contributed by atoms with Gasteiger partial charge in [0.1, 0.15) is 6.61 Å². The van der Waals surface area contributed by atoms with Crippen LogP contribution >= 0.6 is 0 Å². The van der Waals surface area contributed by atoms with Gasteiger partial charge in [-0.2, -0.15) is 5.26 Å². The van der Waals surface area contributed by atoms with E-state index in [-0.39, 0.29) is 6.61 Å². The summed E-state index contributed by atoms with van der Waals surface area (Å²) < 4.78 is 4.56. The second-order valence-corrected chi connectivity index (χ2v) is 2.42. The molecule has 0 saturated carbocycles. The first-order chi connectivity index (χ1) is 6.22. The number of nitrogens with two attached hydrogens (primary N) is 1. The molecule has 4 nitrogen and oxygen atoms in total. The summed E-state index contributed by atoms with van der Waals surface area (Å²) >= 11 is 0. The van der Waals surface area contributed by atoms with Crippen LogP contribution in [0.1, 0.15) is 11.1 Å². The minimum absolute atomic E-state index is 0.102. The molecule has 1 amide bonds. The molecule has 66 valence electrons. The SMILES string of the molecule is N#Cc1cccc(COC(N)=O)c1. The van der Waals surface area contributed by atoms with Crippen LogP contribution in [-0.4, -0.2) is 6.09 Å². The Morgan fingerprint density at radius 2 is 2.38 bits per heavy atom. The molecular formula is C9H8N2O2. The van der Waals surface area contributed by atoms with Crippen molar-refractivity contribution >= 4 is 6.09 Å². The number of amides is 1. The van der Waals surface area contributed by atoms with Crippen molar-refractivity contribution in [2.75, 3.05) is 0 Å². The number of carbonyl (C=O) groups excluding carboxylic acids is 1. The van der Waals surface area contributed by atoms with Crippen molar-refractivity contribution in [1.82, 2.24) is 0 Å². The van der Waals surface area contributed by atoms with Crippen LogP contribution in [-0.2, 0) is 11.3 Å². The number of rotatable bonds is 2. The summed E-state index contributed by atoms with van der Waals surface area (Å²) in [5, 5.41) is 8.56. The maximum Gasteiger partial charge on any atom is 0.404 e. The molecule has 0 radical (unpaired) electrons. The minimum Gasteiger partial charge on any atom is -0.445 e. The number of benzene rings is 1. The van der Waals surface area contributed by atoms with Gasteiger partial charge < -0.3 is 10.5 Å². The summed E-state index contributed by atoms with van der Waals surface area (Å²) in [7, 11) is 0. The first-order valence-electron chi connectivity index (χ1n) is 3.63. The third-order valence-corrected chi connectivity index (χ3v) is 1.44. The van der Waals surface area contributed by atoms with Gasteiger partial charge in [-0.3, -0.25) is 0 Å². The topological polar surface area (TPSA) is 76.1 Å². The molecule has 0 aliphatic carbocycles. The van der Waals surface area contributed by atoms with Gasteiger partial charge in [-0.05, 0) is 17.7 Å². The molecule has 0 aliphatic rings. The molecule has 4 heteroatoms. The standard InChI is InChI=1S/C9H8N2O2/c10-5-7-2-1-3-8(4-7)6-13-9(11)12/h1-4H,6H2,(H2,11,12). The lowest BCUT2D eigenvalue weighted by molar-refractivity contribution is 0.150. The molecule has 0 fully saturated rings. The molecule has 0 heterocycles. The molecule has 0 unspecified atom stereocenters. The molecule has 1 aromatic carbocycles. The van der Waals surface area contributed by atoms with E-state index in [4.69, 9.17) is 11.0 Å². The van der Waals surface area contributed by atoms with Crippen LogP contribution < -0.4 is 5.73 Å². The monoisotopic (exact) mass is 176 g/mol. The highest BCUT2D eigenvalue weighted by molar-refractivity contribution is 5.64. The lowest BCUT2D eigenvalue weighted by atomic mass is 10.1. The number of carbonyl (C=O) groups is 1. The maximum absolute atomic E-state index is 10.3. The van der Waals surface area contributed by atoms with Crippen molar-refractivity contribution in [2.45, 2.75) is 6.61 Å². The van der Waals surface area contributed by atoms with Crippen molar-refractivity contribution in [2.24, 2.45) is 5.73 Å². The minimum atomic E-state index is -0.817. The Labute approximate surface area is 75.5 Å². The quantitative estimate of drug-likeness (QED) is 0.734. The number of nitrogens with zero attached hydrogens (tertiary/aromatic N) is 1. The Hall–Kier alpha value is -2.02. The summed E-state index contributed by atoms with van der Waals surface area (Å²) in [5.41, 5.74) is 6.07. The number of primary amides is 1. The van der Waals surface area contributed by atoms with E-state index in [2.05, 4.69) is 4.74 Å². The van der Waals surface area contributed by atoms with Crippen LogP contribution in [0.2, 0.25) is 0 Å². The van der Waals surface area contributed by atoms with Crippen LogP contribution in [0, 0.1) is 11.3 Å². The van der Waals surface area contributed by atoms with Gasteiger partial charge in [0.15, 0.2) is 0 Å². The van der Waals surface area contributed by atoms with E-state index in [0.717, 1.165) is 5.56 Å².